The van der Waals surface area contributed by atoms with Crippen molar-refractivity contribution < 1.29 is 4.79 Å². The molecule has 0 saturated carbocycles. The van der Waals surface area contributed by atoms with Gasteiger partial charge in [0.15, 0.2) is 11.5 Å². The van der Waals surface area contributed by atoms with Crippen LogP contribution in [0.25, 0.3) is 17.0 Å². The first-order valence-corrected chi connectivity index (χ1v) is 10.4. The fourth-order valence-corrected chi connectivity index (χ4v) is 5.44. The van der Waals surface area contributed by atoms with E-state index in [4.69, 9.17) is 23.2 Å². The van der Waals surface area contributed by atoms with E-state index in [9.17, 15) is 4.79 Å². The molecule has 1 aliphatic rings. The molecule has 3 aromatic heterocycles. The molecule has 2 N–H and O–H groups in total. The number of nitrogens with one attached hydrogen (secondary N) is 2. The minimum absolute atomic E-state index is 0.141. The molecule has 146 valence electrons. The Kier molecular flexibility index (Phi) is 4.45. The number of halogens is 2. The van der Waals surface area contributed by atoms with Crippen molar-refractivity contribution in [1.29, 1.82) is 0 Å². The molecule has 1 unspecified atom stereocenters. The predicted octanol–water partition coefficient (Wildman–Crippen LogP) is 3.93. The number of rotatable bonds is 2. The lowest BCUT2D eigenvalue weighted by Gasteiger charge is -2.18. The van der Waals surface area contributed by atoms with Crippen LogP contribution in [-0.4, -0.2) is 41.4 Å². The van der Waals surface area contributed by atoms with Crippen molar-refractivity contribution >= 4 is 57.9 Å². The Morgan fingerprint density at radius 1 is 1.17 bits per heavy atom. The maximum Gasteiger partial charge on any atom is 0.235 e. The fraction of sp³-hybridized carbons (Fsp3) is 0.167. The maximum absolute atomic E-state index is 12.5. The third-order valence-corrected chi connectivity index (χ3v) is 6.57. The molecule has 4 heterocycles. The molecule has 1 amide bonds. The lowest BCUT2D eigenvalue weighted by molar-refractivity contribution is -0.113. The van der Waals surface area contributed by atoms with E-state index in [1.807, 2.05) is 6.92 Å². The molecule has 8 nitrogen and oxygen atoms in total. The van der Waals surface area contributed by atoms with Gasteiger partial charge in [-0.25, -0.2) is 15.0 Å². The number of imidazole rings is 1. The summed E-state index contributed by atoms with van der Waals surface area (Å²) in [6, 6.07) is 5.38. The highest BCUT2D eigenvalue weighted by Crippen LogP contribution is 2.48. The summed E-state index contributed by atoms with van der Waals surface area (Å²) in [5.41, 5.74) is 3.47. The minimum atomic E-state index is -0.266. The topological polar surface area (TPSA) is 101 Å². The van der Waals surface area contributed by atoms with Gasteiger partial charge in [-0.2, -0.15) is 9.78 Å². The summed E-state index contributed by atoms with van der Waals surface area (Å²) >= 11 is 14.4. The molecular formula is C18H13Cl2N7OS. The molecule has 0 spiro atoms. The van der Waals surface area contributed by atoms with Crippen LogP contribution in [0.15, 0.2) is 30.9 Å². The monoisotopic (exact) mass is 445 g/mol. The molecule has 5 rings (SSSR count). The van der Waals surface area contributed by atoms with Crippen molar-refractivity contribution in [3.8, 4) is 5.82 Å². The van der Waals surface area contributed by atoms with Gasteiger partial charge in [0.05, 0.1) is 23.0 Å². The van der Waals surface area contributed by atoms with Crippen LogP contribution in [-0.2, 0) is 4.79 Å². The van der Waals surface area contributed by atoms with Gasteiger partial charge in [0, 0.05) is 21.2 Å². The molecule has 0 fully saturated rings. The van der Waals surface area contributed by atoms with Gasteiger partial charge in [-0.15, -0.1) is 11.8 Å². The van der Waals surface area contributed by atoms with Gasteiger partial charge in [0.25, 0.3) is 0 Å². The van der Waals surface area contributed by atoms with Crippen molar-refractivity contribution in [1.82, 2.24) is 29.7 Å². The van der Waals surface area contributed by atoms with Crippen LogP contribution in [0.4, 0.5) is 5.82 Å². The molecule has 0 saturated heterocycles. The zero-order valence-corrected chi connectivity index (χ0v) is 17.3. The molecule has 11 heteroatoms. The molecule has 1 atom stereocenters. The van der Waals surface area contributed by atoms with Crippen LogP contribution in [0.2, 0.25) is 10.0 Å². The summed E-state index contributed by atoms with van der Waals surface area (Å²) in [5.74, 6) is 1.14. The number of aromatic amines is 1. The Bertz CT molecular complexity index is 1250. The summed E-state index contributed by atoms with van der Waals surface area (Å²) in [7, 11) is 0. The number of aryl methyl sites for hydroxylation is 1. The summed E-state index contributed by atoms with van der Waals surface area (Å²) in [4.78, 5) is 28.2. The first kappa shape index (κ1) is 18.4. The third kappa shape index (κ3) is 2.97. The summed E-state index contributed by atoms with van der Waals surface area (Å²) < 4.78 is 1.61. The number of hydrogen-bond donors (Lipinski definition) is 2. The van der Waals surface area contributed by atoms with E-state index >= 15 is 0 Å². The number of hydrogen-bond acceptors (Lipinski definition) is 6. The van der Waals surface area contributed by atoms with Gasteiger partial charge in [-0.3, -0.25) is 4.79 Å². The number of carbonyl (C=O) groups excluding carboxylic acids is 1. The van der Waals surface area contributed by atoms with Gasteiger partial charge in [0.1, 0.15) is 17.7 Å². The standard InChI is InChI=1S/C18H13Cl2N7OS/c1-8-12-15(13-9(19)3-2-4-10(13)20)29-5-11(28)25-17(12)27(26-8)18-14-16(22-6-21-14)23-7-24-18/h2-4,6-7,15H,5H2,1H3,(H,25,28)(H,21,22,23,24). The van der Waals surface area contributed by atoms with Crippen LogP contribution < -0.4 is 5.32 Å². The highest BCUT2D eigenvalue weighted by molar-refractivity contribution is 8.00. The number of carbonyl (C=O) groups is 1. The quantitative estimate of drug-likeness (QED) is 0.484. The number of amides is 1. The Morgan fingerprint density at radius 3 is 2.76 bits per heavy atom. The van der Waals surface area contributed by atoms with E-state index in [-0.39, 0.29) is 16.9 Å². The second kappa shape index (κ2) is 7.01. The number of benzene rings is 1. The third-order valence-electron chi connectivity index (χ3n) is 4.67. The highest BCUT2D eigenvalue weighted by atomic mass is 35.5. The van der Waals surface area contributed by atoms with Crippen LogP contribution >= 0.6 is 35.0 Å². The first-order valence-electron chi connectivity index (χ1n) is 8.64. The van der Waals surface area contributed by atoms with Gasteiger partial charge in [-0.1, -0.05) is 29.3 Å². The molecule has 4 aromatic rings. The lowest BCUT2D eigenvalue weighted by Crippen LogP contribution is -2.16. The Hall–Kier alpha value is -2.62. The molecule has 0 radical (unpaired) electrons. The number of H-pyrrole nitrogens is 1. The average Bonchev–Trinajstić information content (AvgIpc) is 3.24. The number of fused-ring (bicyclic) bond motifs is 2. The average molecular weight is 446 g/mol. The zero-order chi connectivity index (χ0) is 20.1. The van der Waals surface area contributed by atoms with Gasteiger partial charge in [0.2, 0.25) is 5.91 Å². The molecule has 29 heavy (non-hydrogen) atoms. The van der Waals surface area contributed by atoms with Crippen molar-refractivity contribution in [3.63, 3.8) is 0 Å². The van der Waals surface area contributed by atoms with E-state index in [1.54, 1.807) is 29.2 Å². The smallest absolute Gasteiger partial charge is 0.235 e. The van der Waals surface area contributed by atoms with E-state index in [0.717, 1.165) is 16.8 Å². The largest absolute Gasteiger partial charge is 0.340 e. The number of anilines is 1. The molecule has 1 aromatic carbocycles. The normalized spacial score (nSPS) is 16.5. The van der Waals surface area contributed by atoms with Crippen molar-refractivity contribution in [2.75, 3.05) is 11.1 Å². The van der Waals surface area contributed by atoms with Gasteiger partial charge >= 0.3 is 0 Å². The van der Waals surface area contributed by atoms with E-state index < -0.39 is 0 Å². The summed E-state index contributed by atoms with van der Waals surface area (Å²) in [5, 5.41) is 8.45. The highest BCUT2D eigenvalue weighted by Gasteiger charge is 2.33. The number of nitrogens with zero attached hydrogens (tertiary/aromatic N) is 5. The van der Waals surface area contributed by atoms with Crippen LogP contribution in [0.1, 0.15) is 22.1 Å². The van der Waals surface area contributed by atoms with E-state index in [2.05, 4.69) is 30.4 Å². The van der Waals surface area contributed by atoms with Crippen LogP contribution in [0, 0.1) is 6.92 Å². The minimum Gasteiger partial charge on any atom is -0.340 e. The summed E-state index contributed by atoms with van der Waals surface area (Å²) in [6.45, 7) is 1.89. The van der Waals surface area contributed by atoms with Gasteiger partial charge in [-0.05, 0) is 19.1 Å². The predicted molar refractivity (Wildman–Crippen MR) is 113 cm³/mol. The summed E-state index contributed by atoms with van der Waals surface area (Å²) in [6.07, 6.45) is 2.95. The Balaban J connectivity index is 1.77. The Morgan fingerprint density at radius 2 is 1.97 bits per heavy atom. The Labute approximate surface area is 179 Å². The molecule has 0 aliphatic carbocycles. The molecule has 0 bridgehead atoms. The fourth-order valence-electron chi connectivity index (χ4n) is 3.44. The number of thioether (sulfide) groups is 1. The first-order chi connectivity index (χ1) is 14.0. The van der Waals surface area contributed by atoms with Crippen LogP contribution in [0.3, 0.4) is 0 Å². The second-order valence-electron chi connectivity index (χ2n) is 6.43. The second-order valence-corrected chi connectivity index (χ2v) is 8.34. The van der Waals surface area contributed by atoms with Crippen molar-refractivity contribution in [3.05, 3.63) is 57.7 Å². The van der Waals surface area contributed by atoms with Crippen molar-refractivity contribution in [2.45, 2.75) is 12.2 Å². The van der Waals surface area contributed by atoms with E-state index in [1.165, 1.54) is 18.1 Å². The van der Waals surface area contributed by atoms with E-state index in [0.29, 0.717) is 32.8 Å². The van der Waals surface area contributed by atoms with Gasteiger partial charge < -0.3 is 10.3 Å². The zero-order valence-electron chi connectivity index (χ0n) is 15.0. The van der Waals surface area contributed by atoms with Crippen LogP contribution in [0.5, 0.6) is 0 Å². The molecular weight excluding hydrogens is 433 g/mol. The maximum atomic E-state index is 12.5. The molecule has 1 aliphatic heterocycles. The SMILES string of the molecule is Cc1nn(-c2ncnc3nc[nH]c23)c2c1C(c1c(Cl)cccc1Cl)SCC(=O)N2. The van der Waals surface area contributed by atoms with Crippen molar-refractivity contribution in [2.24, 2.45) is 0 Å². The number of aromatic nitrogens is 6. The lowest BCUT2D eigenvalue weighted by atomic mass is 10.0.